The molecule has 4 nitrogen and oxygen atoms in total. The van der Waals surface area contributed by atoms with Gasteiger partial charge in [-0.3, -0.25) is 4.79 Å². The number of carbonyl (C=O) groups excluding carboxylic acids is 1. The second-order valence-corrected chi connectivity index (χ2v) is 7.66. The molecule has 1 N–H and O–H groups in total. The Morgan fingerprint density at radius 3 is 2.54 bits per heavy atom. The lowest BCUT2D eigenvalue weighted by Gasteiger charge is -2.38. The molecule has 3 atom stereocenters. The molecule has 0 spiro atoms. The largest absolute Gasteiger partial charge is 0.508 e. The molecular weight excluding hydrogens is 324 g/mol. The number of fused-ring (bicyclic) bond motifs is 1. The maximum atomic E-state index is 12.8. The van der Waals surface area contributed by atoms with Gasteiger partial charge in [-0.1, -0.05) is 42.5 Å². The highest BCUT2D eigenvalue weighted by Gasteiger charge is 2.44. The number of likely N-dealkylation sites (tertiary alicyclic amines) is 2. The van der Waals surface area contributed by atoms with Gasteiger partial charge in [-0.05, 0) is 36.7 Å². The van der Waals surface area contributed by atoms with Crippen molar-refractivity contribution in [2.24, 2.45) is 5.92 Å². The molecule has 2 saturated heterocycles. The van der Waals surface area contributed by atoms with Crippen LogP contribution in [0, 0.1) is 5.92 Å². The smallest absolute Gasteiger partial charge is 0.227 e. The number of hydrogen-bond donors (Lipinski definition) is 1. The highest BCUT2D eigenvalue weighted by Crippen LogP contribution is 2.40. The molecule has 0 aromatic heterocycles. The van der Waals surface area contributed by atoms with Crippen LogP contribution >= 0.6 is 0 Å². The van der Waals surface area contributed by atoms with E-state index in [4.69, 9.17) is 0 Å². The Hall–Kier alpha value is -2.33. The fraction of sp³-hybridized carbons (Fsp3) is 0.409. The van der Waals surface area contributed by atoms with Crippen LogP contribution < -0.4 is 0 Å². The predicted molar refractivity (Wildman–Crippen MR) is 102 cm³/mol. The fourth-order valence-electron chi connectivity index (χ4n) is 4.67. The first kappa shape index (κ1) is 17.1. The van der Waals surface area contributed by atoms with E-state index in [0.717, 1.165) is 31.6 Å². The molecule has 4 rings (SSSR count). The van der Waals surface area contributed by atoms with Gasteiger partial charge >= 0.3 is 0 Å². The highest BCUT2D eigenvalue weighted by atomic mass is 16.3. The molecular formula is C22H26N2O2. The lowest BCUT2D eigenvalue weighted by Crippen LogP contribution is -2.48. The van der Waals surface area contributed by atoms with Gasteiger partial charge in [-0.15, -0.1) is 0 Å². The molecule has 2 aliphatic rings. The van der Waals surface area contributed by atoms with Crippen LogP contribution in [0.5, 0.6) is 5.75 Å². The summed E-state index contributed by atoms with van der Waals surface area (Å²) in [4.78, 5) is 17.3. The number of rotatable bonds is 3. The van der Waals surface area contributed by atoms with E-state index in [1.54, 1.807) is 12.1 Å². The summed E-state index contributed by atoms with van der Waals surface area (Å²) in [5.41, 5.74) is 2.35. The van der Waals surface area contributed by atoms with Crippen molar-refractivity contribution in [1.29, 1.82) is 0 Å². The minimum atomic E-state index is 0.190. The summed E-state index contributed by atoms with van der Waals surface area (Å²) in [6.07, 6.45) is 1.45. The summed E-state index contributed by atoms with van der Waals surface area (Å²) in [6.45, 7) is 2.74. The van der Waals surface area contributed by atoms with E-state index in [-0.39, 0.29) is 11.7 Å². The van der Waals surface area contributed by atoms with Crippen molar-refractivity contribution in [2.75, 3.05) is 26.7 Å². The molecule has 0 bridgehead atoms. The zero-order valence-corrected chi connectivity index (χ0v) is 15.2. The van der Waals surface area contributed by atoms with Crippen LogP contribution in [-0.4, -0.2) is 53.5 Å². The van der Waals surface area contributed by atoms with Gasteiger partial charge in [0.1, 0.15) is 5.75 Å². The van der Waals surface area contributed by atoms with E-state index in [0.29, 0.717) is 24.3 Å². The Labute approximate surface area is 155 Å². The van der Waals surface area contributed by atoms with Crippen LogP contribution in [0.1, 0.15) is 23.5 Å². The Bertz CT molecular complexity index is 759. The van der Waals surface area contributed by atoms with Crippen molar-refractivity contribution >= 4 is 5.91 Å². The monoisotopic (exact) mass is 350 g/mol. The summed E-state index contributed by atoms with van der Waals surface area (Å²) >= 11 is 0. The highest BCUT2D eigenvalue weighted by molar-refractivity contribution is 5.79. The molecule has 2 fully saturated rings. The number of nitrogens with zero attached hydrogens (tertiary/aromatic N) is 2. The Morgan fingerprint density at radius 2 is 1.81 bits per heavy atom. The molecule has 0 aliphatic carbocycles. The average Bonchev–Trinajstić information content (AvgIpc) is 3.00. The van der Waals surface area contributed by atoms with Gasteiger partial charge < -0.3 is 14.9 Å². The zero-order valence-electron chi connectivity index (χ0n) is 15.2. The SMILES string of the molecule is CN1C[C@H](c2ccccc2)[C@H]2CN(C(=O)Cc3ccc(O)cc3)CC[C@H]21. The number of hydrogen-bond acceptors (Lipinski definition) is 3. The number of phenols is 1. The number of phenolic OH excluding ortho intramolecular Hbond substituents is 1. The molecule has 4 heteroatoms. The van der Waals surface area contributed by atoms with E-state index in [2.05, 4.69) is 42.3 Å². The van der Waals surface area contributed by atoms with E-state index in [1.165, 1.54) is 5.56 Å². The molecule has 2 aliphatic heterocycles. The molecule has 0 radical (unpaired) electrons. The standard InChI is InChI=1S/C22H26N2O2/c1-23-14-19(17-5-3-2-4-6-17)20-15-24(12-11-21(20)23)22(26)13-16-7-9-18(25)10-8-16/h2-10,19-21,25H,11-15H2,1H3/t19-,20-,21-/m1/s1. The van der Waals surface area contributed by atoms with Crippen molar-refractivity contribution in [1.82, 2.24) is 9.80 Å². The van der Waals surface area contributed by atoms with Crippen LogP contribution in [0.4, 0.5) is 0 Å². The molecule has 136 valence electrons. The minimum Gasteiger partial charge on any atom is -0.508 e. The first-order chi connectivity index (χ1) is 12.6. The Kier molecular flexibility index (Phi) is 4.68. The van der Waals surface area contributed by atoms with Gasteiger partial charge in [0.05, 0.1) is 6.42 Å². The summed E-state index contributed by atoms with van der Waals surface area (Å²) in [6, 6.07) is 18.2. The molecule has 0 saturated carbocycles. The number of amides is 1. The van der Waals surface area contributed by atoms with Gasteiger partial charge in [-0.2, -0.15) is 0 Å². The van der Waals surface area contributed by atoms with E-state index < -0.39 is 0 Å². The first-order valence-corrected chi connectivity index (χ1v) is 9.42. The molecule has 1 amide bonds. The minimum absolute atomic E-state index is 0.190. The number of benzene rings is 2. The summed E-state index contributed by atoms with van der Waals surface area (Å²) < 4.78 is 0. The van der Waals surface area contributed by atoms with Gasteiger partial charge in [0.2, 0.25) is 5.91 Å². The lowest BCUT2D eigenvalue weighted by molar-refractivity contribution is -0.132. The Balaban J connectivity index is 1.47. The molecule has 2 aromatic rings. The lowest BCUT2D eigenvalue weighted by atomic mass is 9.81. The third-order valence-corrected chi connectivity index (χ3v) is 6.06. The molecule has 2 aromatic carbocycles. The third-order valence-electron chi connectivity index (χ3n) is 6.06. The topological polar surface area (TPSA) is 43.8 Å². The zero-order chi connectivity index (χ0) is 18.1. The van der Waals surface area contributed by atoms with Crippen LogP contribution in [0.2, 0.25) is 0 Å². The number of likely N-dealkylation sites (N-methyl/N-ethyl adjacent to an activating group) is 1. The molecule has 26 heavy (non-hydrogen) atoms. The summed E-state index contributed by atoms with van der Waals surface area (Å²) in [5.74, 6) is 1.42. The van der Waals surface area contributed by atoms with Crippen molar-refractivity contribution in [3.63, 3.8) is 0 Å². The van der Waals surface area contributed by atoms with Gasteiger partial charge in [0.25, 0.3) is 0 Å². The normalized spacial score (nSPS) is 25.9. The quantitative estimate of drug-likeness (QED) is 0.926. The third kappa shape index (κ3) is 3.34. The fourth-order valence-corrected chi connectivity index (χ4v) is 4.67. The maximum Gasteiger partial charge on any atom is 0.227 e. The van der Waals surface area contributed by atoms with Crippen molar-refractivity contribution in [3.05, 3.63) is 65.7 Å². The van der Waals surface area contributed by atoms with Crippen LogP contribution in [0.3, 0.4) is 0 Å². The van der Waals surface area contributed by atoms with Crippen LogP contribution in [0.25, 0.3) is 0 Å². The second-order valence-electron chi connectivity index (χ2n) is 7.66. The average molecular weight is 350 g/mol. The van der Waals surface area contributed by atoms with Crippen LogP contribution in [-0.2, 0) is 11.2 Å². The number of piperidine rings is 1. The van der Waals surface area contributed by atoms with Gasteiger partial charge in [-0.25, -0.2) is 0 Å². The number of carbonyl (C=O) groups is 1. The predicted octanol–water partition coefficient (Wildman–Crippen LogP) is 2.88. The Morgan fingerprint density at radius 1 is 1.08 bits per heavy atom. The summed E-state index contributed by atoms with van der Waals surface area (Å²) in [5, 5.41) is 9.40. The molecule has 0 unspecified atom stereocenters. The van der Waals surface area contributed by atoms with E-state index >= 15 is 0 Å². The van der Waals surface area contributed by atoms with E-state index in [1.807, 2.05) is 17.0 Å². The molecule has 2 heterocycles. The van der Waals surface area contributed by atoms with Crippen molar-refractivity contribution in [3.8, 4) is 5.75 Å². The first-order valence-electron chi connectivity index (χ1n) is 9.42. The van der Waals surface area contributed by atoms with Crippen LogP contribution in [0.15, 0.2) is 54.6 Å². The van der Waals surface area contributed by atoms with Gasteiger partial charge in [0.15, 0.2) is 0 Å². The van der Waals surface area contributed by atoms with E-state index in [9.17, 15) is 9.90 Å². The maximum absolute atomic E-state index is 12.8. The number of aromatic hydroxyl groups is 1. The van der Waals surface area contributed by atoms with Crippen molar-refractivity contribution < 1.29 is 9.90 Å². The summed E-state index contributed by atoms with van der Waals surface area (Å²) in [7, 11) is 2.22. The van der Waals surface area contributed by atoms with Crippen molar-refractivity contribution in [2.45, 2.75) is 24.8 Å². The van der Waals surface area contributed by atoms with Gasteiger partial charge in [0, 0.05) is 37.5 Å². The second kappa shape index (κ2) is 7.12.